The zero-order chi connectivity index (χ0) is 12.4. The molecule has 0 N–H and O–H groups in total. The predicted octanol–water partition coefficient (Wildman–Crippen LogP) is 5.66. The molecule has 0 aromatic rings. The van der Waals surface area contributed by atoms with Crippen molar-refractivity contribution in [3.63, 3.8) is 0 Å². The minimum atomic E-state index is 0.968. The summed E-state index contributed by atoms with van der Waals surface area (Å²) >= 11 is 0. The molecule has 0 spiro atoms. The van der Waals surface area contributed by atoms with E-state index in [1.807, 2.05) is 5.47 Å². The number of allylic oxidation sites excluding steroid dienone is 2. The summed E-state index contributed by atoms with van der Waals surface area (Å²) < 4.78 is 0. The van der Waals surface area contributed by atoms with Gasteiger partial charge in [0.1, 0.15) is 0 Å². The molecule has 0 nitrogen and oxygen atoms in total. The molecule has 18 heavy (non-hydrogen) atoms. The molecule has 100 valence electrons. The lowest BCUT2D eigenvalue weighted by Crippen LogP contribution is -2.39. The third kappa shape index (κ3) is 2.42. The fraction of sp³-hybridized carbons (Fsp3) is 0.882. The maximum atomic E-state index is 2.54. The predicted molar refractivity (Wildman–Crippen MR) is 81.3 cm³/mol. The molecule has 3 fully saturated rings. The minimum Gasteiger partial charge on any atom is -0.102 e. The van der Waals surface area contributed by atoms with E-state index in [1.165, 1.54) is 70.6 Å². The van der Waals surface area contributed by atoms with Crippen LogP contribution in [0.3, 0.4) is 0 Å². The Hall–Kier alpha value is -0.195. The second-order valence-corrected chi connectivity index (χ2v) is 7.03. The van der Waals surface area contributed by atoms with Crippen molar-refractivity contribution in [3.05, 3.63) is 11.5 Å². The van der Waals surface area contributed by atoms with E-state index in [1.54, 1.807) is 0 Å². The first-order chi connectivity index (χ1) is 8.90. The molecule has 0 unspecified atom stereocenters. The van der Waals surface area contributed by atoms with Gasteiger partial charge in [-0.05, 0) is 25.7 Å². The summed E-state index contributed by atoms with van der Waals surface area (Å²) in [5.74, 6) is 3.09. The molecular weight excluding hydrogens is 215 g/mol. The summed E-state index contributed by atoms with van der Waals surface area (Å²) in [7, 11) is 0. The standard InChI is InChI=1S/C17H29B/c1-2-17(14-8-4-3-5-9-14)18-15-10-6-11-16(18)13-7-12-15/h2,14-16H,3-13H2,1H3/b17-2+. The van der Waals surface area contributed by atoms with Crippen molar-refractivity contribution in [2.45, 2.75) is 89.2 Å². The van der Waals surface area contributed by atoms with Crippen LogP contribution in [0.2, 0.25) is 11.6 Å². The molecule has 0 amide bonds. The van der Waals surface area contributed by atoms with Crippen LogP contribution < -0.4 is 0 Å². The van der Waals surface area contributed by atoms with Gasteiger partial charge in [0.15, 0.2) is 6.71 Å². The molecule has 0 aromatic heterocycles. The van der Waals surface area contributed by atoms with Crippen LogP contribution in [0.15, 0.2) is 11.5 Å². The molecule has 2 bridgehead atoms. The van der Waals surface area contributed by atoms with E-state index in [-0.39, 0.29) is 0 Å². The first-order valence-electron chi connectivity index (χ1n) is 8.56. The Bertz CT molecular complexity index is 279. The van der Waals surface area contributed by atoms with Crippen molar-refractivity contribution >= 4 is 6.71 Å². The van der Waals surface area contributed by atoms with Crippen molar-refractivity contribution in [1.82, 2.24) is 0 Å². The van der Waals surface area contributed by atoms with Crippen molar-refractivity contribution < 1.29 is 0 Å². The third-order valence-electron chi connectivity index (χ3n) is 6.11. The Labute approximate surface area is 114 Å². The summed E-state index contributed by atoms with van der Waals surface area (Å²) in [6.45, 7) is 3.33. The fourth-order valence-electron chi connectivity index (χ4n) is 5.36. The van der Waals surface area contributed by atoms with Gasteiger partial charge in [-0.25, -0.2) is 0 Å². The van der Waals surface area contributed by atoms with Gasteiger partial charge in [-0.2, -0.15) is 0 Å². The zero-order valence-electron chi connectivity index (χ0n) is 12.2. The molecule has 0 atom stereocenters. The molecule has 1 aliphatic carbocycles. The lowest BCUT2D eigenvalue weighted by Gasteiger charge is -2.44. The van der Waals surface area contributed by atoms with E-state index >= 15 is 0 Å². The first kappa shape index (κ1) is 12.8. The van der Waals surface area contributed by atoms with E-state index in [9.17, 15) is 0 Å². The normalized spacial score (nSPS) is 34.7. The molecule has 0 aromatic carbocycles. The van der Waals surface area contributed by atoms with E-state index in [0.717, 1.165) is 24.3 Å². The highest BCUT2D eigenvalue weighted by molar-refractivity contribution is 6.70. The molecule has 2 aliphatic heterocycles. The topological polar surface area (TPSA) is 0 Å². The summed E-state index contributed by atoms with van der Waals surface area (Å²) in [5, 5.41) is 0. The van der Waals surface area contributed by atoms with Gasteiger partial charge in [0.25, 0.3) is 0 Å². The van der Waals surface area contributed by atoms with Crippen molar-refractivity contribution in [2.24, 2.45) is 5.92 Å². The van der Waals surface area contributed by atoms with Crippen molar-refractivity contribution in [2.75, 3.05) is 0 Å². The van der Waals surface area contributed by atoms with Crippen LogP contribution in [0.5, 0.6) is 0 Å². The van der Waals surface area contributed by atoms with Gasteiger partial charge in [-0.3, -0.25) is 0 Å². The molecule has 3 aliphatic rings. The van der Waals surface area contributed by atoms with Crippen LogP contribution in [0.4, 0.5) is 0 Å². The Morgan fingerprint density at radius 1 is 0.778 bits per heavy atom. The number of hydrogen-bond donors (Lipinski definition) is 0. The van der Waals surface area contributed by atoms with Crippen LogP contribution in [0, 0.1) is 5.92 Å². The Balaban J connectivity index is 1.77. The lowest BCUT2D eigenvalue weighted by atomic mass is 9.23. The third-order valence-corrected chi connectivity index (χ3v) is 6.11. The number of fused-ring (bicyclic) bond motifs is 2. The van der Waals surface area contributed by atoms with Gasteiger partial charge >= 0.3 is 0 Å². The minimum absolute atomic E-state index is 0.968. The van der Waals surface area contributed by atoms with Crippen molar-refractivity contribution in [3.8, 4) is 0 Å². The first-order valence-corrected chi connectivity index (χ1v) is 8.56. The van der Waals surface area contributed by atoms with Crippen LogP contribution in [0.25, 0.3) is 0 Å². The van der Waals surface area contributed by atoms with E-state index in [0.29, 0.717) is 0 Å². The summed E-state index contributed by atoms with van der Waals surface area (Å²) in [5.41, 5.74) is 1.91. The van der Waals surface area contributed by atoms with Crippen molar-refractivity contribution in [1.29, 1.82) is 0 Å². The maximum absolute atomic E-state index is 2.54. The lowest BCUT2D eigenvalue weighted by molar-refractivity contribution is 0.399. The monoisotopic (exact) mass is 244 g/mol. The highest BCUT2D eigenvalue weighted by atomic mass is 14.3. The average Bonchev–Trinajstić information content (AvgIpc) is 2.40. The van der Waals surface area contributed by atoms with Crippen LogP contribution in [0.1, 0.15) is 77.6 Å². The van der Waals surface area contributed by atoms with Gasteiger partial charge in [0.2, 0.25) is 0 Å². The van der Waals surface area contributed by atoms with Crippen LogP contribution >= 0.6 is 0 Å². The maximum Gasteiger partial charge on any atom is 0.176 e. The Morgan fingerprint density at radius 3 is 1.83 bits per heavy atom. The molecule has 1 heteroatoms. The molecule has 2 heterocycles. The van der Waals surface area contributed by atoms with Crippen LogP contribution in [-0.2, 0) is 0 Å². The summed E-state index contributed by atoms with van der Waals surface area (Å²) in [4.78, 5) is 0. The summed E-state index contributed by atoms with van der Waals surface area (Å²) in [6.07, 6.45) is 19.2. The van der Waals surface area contributed by atoms with Gasteiger partial charge in [-0.1, -0.05) is 75.5 Å². The highest BCUT2D eigenvalue weighted by Crippen LogP contribution is 2.51. The smallest absolute Gasteiger partial charge is 0.102 e. The fourth-order valence-corrected chi connectivity index (χ4v) is 5.36. The van der Waals surface area contributed by atoms with Crippen LogP contribution in [-0.4, -0.2) is 6.71 Å². The quantitative estimate of drug-likeness (QED) is 0.550. The van der Waals surface area contributed by atoms with Gasteiger partial charge in [0.05, 0.1) is 0 Å². The summed E-state index contributed by atoms with van der Waals surface area (Å²) in [6, 6.07) is 0. The average molecular weight is 244 g/mol. The Kier molecular flexibility index (Phi) is 4.16. The molecule has 2 saturated heterocycles. The van der Waals surface area contributed by atoms with Gasteiger partial charge in [-0.15, -0.1) is 5.47 Å². The molecule has 1 saturated carbocycles. The van der Waals surface area contributed by atoms with E-state index < -0.39 is 0 Å². The number of hydrogen-bond acceptors (Lipinski definition) is 0. The van der Waals surface area contributed by atoms with Gasteiger partial charge in [0, 0.05) is 0 Å². The molecule has 0 radical (unpaired) electrons. The molecule has 3 rings (SSSR count). The second-order valence-electron chi connectivity index (χ2n) is 7.03. The highest BCUT2D eigenvalue weighted by Gasteiger charge is 2.42. The molecular formula is C17H29B. The second kappa shape index (κ2) is 5.84. The van der Waals surface area contributed by atoms with E-state index in [2.05, 4.69) is 13.0 Å². The van der Waals surface area contributed by atoms with E-state index in [4.69, 9.17) is 0 Å². The Morgan fingerprint density at radius 2 is 1.33 bits per heavy atom. The largest absolute Gasteiger partial charge is 0.176 e. The zero-order valence-corrected chi connectivity index (χ0v) is 12.2. The SMILES string of the molecule is C/C=C(/B1C2CCCC1CCC2)C1CCCCC1. The van der Waals surface area contributed by atoms with Gasteiger partial charge < -0.3 is 0 Å². The number of rotatable bonds is 2.